The van der Waals surface area contributed by atoms with Gasteiger partial charge in [-0.05, 0) is 53.3 Å². The molecule has 1 heterocycles. The average Bonchev–Trinajstić information content (AvgIpc) is 3.28. The quantitative estimate of drug-likeness (QED) is 0.370. The molecule has 0 saturated heterocycles. The SMILES string of the molecule is O=C(O)c1ccccc1[C@@H]1Nc2ccc(CSc3ccccc3)cc2[C@H]2C=CC[C@H]21. The van der Waals surface area contributed by atoms with Gasteiger partial charge in [0.05, 0.1) is 11.6 Å². The monoisotopic (exact) mass is 413 g/mol. The van der Waals surface area contributed by atoms with Crippen molar-refractivity contribution in [3.63, 3.8) is 0 Å². The highest BCUT2D eigenvalue weighted by molar-refractivity contribution is 7.98. The van der Waals surface area contributed by atoms with Gasteiger partial charge in [0.15, 0.2) is 0 Å². The van der Waals surface area contributed by atoms with Crippen LogP contribution in [0.5, 0.6) is 0 Å². The summed E-state index contributed by atoms with van der Waals surface area (Å²) < 4.78 is 0. The fourth-order valence-corrected chi connectivity index (χ4v) is 5.55. The van der Waals surface area contributed by atoms with E-state index in [0.29, 0.717) is 17.4 Å². The van der Waals surface area contributed by atoms with Gasteiger partial charge in [-0.15, -0.1) is 11.8 Å². The number of allylic oxidation sites excluding steroid dienone is 2. The van der Waals surface area contributed by atoms with E-state index in [1.165, 1.54) is 16.0 Å². The maximum Gasteiger partial charge on any atom is 0.336 e. The third kappa shape index (κ3) is 3.52. The molecule has 3 atom stereocenters. The van der Waals surface area contributed by atoms with E-state index < -0.39 is 5.97 Å². The lowest BCUT2D eigenvalue weighted by molar-refractivity contribution is 0.0694. The molecule has 0 fully saturated rings. The number of carbonyl (C=O) groups is 1. The number of benzene rings is 3. The van der Waals surface area contributed by atoms with Gasteiger partial charge in [0.25, 0.3) is 0 Å². The van der Waals surface area contributed by atoms with Crippen molar-refractivity contribution in [3.05, 3.63) is 107 Å². The van der Waals surface area contributed by atoms with Crippen LogP contribution in [0.1, 0.15) is 45.4 Å². The maximum absolute atomic E-state index is 11.8. The second kappa shape index (κ2) is 8.04. The van der Waals surface area contributed by atoms with Crippen molar-refractivity contribution < 1.29 is 9.90 Å². The zero-order valence-electron chi connectivity index (χ0n) is 16.5. The summed E-state index contributed by atoms with van der Waals surface area (Å²) in [5.41, 5.74) is 5.01. The molecule has 3 aromatic carbocycles. The normalized spacial score (nSPS) is 21.5. The van der Waals surface area contributed by atoms with Crippen LogP contribution in [-0.2, 0) is 5.75 Å². The Labute approximate surface area is 180 Å². The van der Waals surface area contributed by atoms with Crippen molar-refractivity contribution >= 4 is 23.4 Å². The van der Waals surface area contributed by atoms with Crippen LogP contribution in [0.4, 0.5) is 5.69 Å². The number of carboxylic acids is 1. The second-order valence-corrected chi connectivity index (χ2v) is 8.94. The van der Waals surface area contributed by atoms with E-state index in [9.17, 15) is 9.90 Å². The first-order chi connectivity index (χ1) is 14.7. The Kier molecular flexibility index (Phi) is 5.09. The highest BCUT2D eigenvalue weighted by Crippen LogP contribution is 2.50. The van der Waals surface area contributed by atoms with Gasteiger partial charge in [-0.3, -0.25) is 0 Å². The van der Waals surface area contributed by atoms with E-state index in [0.717, 1.165) is 23.4 Å². The zero-order valence-corrected chi connectivity index (χ0v) is 17.3. The Morgan fingerprint density at radius 1 is 1.00 bits per heavy atom. The topological polar surface area (TPSA) is 49.3 Å². The minimum atomic E-state index is -0.867. The highest BCUT2D eigenvalue weighted by Gasteiger charge is 2.39. The number of nitrogens with one attached hydrogen (secondary N) is 1. The summed E-state index contributed by atoms with van der Waals surface area (Å²) in [6, 6.07) is 24.5. The van der Waals surface area contributed by atoms with Crippen LogP contribution >= 0.6 is 11.8 Å². The number of anilines is 1. The first kappa shape index (κ1) is 19.0. The van der Waals surface area contributed by atoms with Crippen molar-refractivity contribution in [3.8, 4) is 0 Å². The number of fused-ring (bicyclic) bond motifs is 3. The summed E-state index contributed by atoms with van der Waals surface area (Å²) >= 11 is 1.85. The van der Waals surface area contributed by atoms with E-state index in [4.69, 9.17) is 0 Å². The number of carboxylic acid groups (broad SMARTS) is 1. The molecule has 2 N–H and O–H groups in total. The van der Waals surface area contributed by atoms with Crippen LogP contribution in [0.3, 0.4) is 0 Å². The molecule has 0 aromatic heterocycles. The fraction of sp³-hybridized carbons (Fsp3) is 0.192. The Balaban J connectivity index is 1.45. The minimum Gasteiger partial charge on any atom is -0.478 e. The molecular formula is C26H23NO2S. The molecule has 1 aliphatic carbocycles. The molecule has 5 rings (SSSR count). The Bertz CT molecular complexity index is 1110. The van der Waals surface area contributed by atoms with Gasteiger partial charge in [-0.2, -0.15) is 0 Å². The number of rotatable bonds is 5. The van der Waals surface area contributed by atoms with Crippen LogP contribution in [-0.4, -0.2) is 11.1 Å². The van der Waals surface area contributed by atoms with Gasteiger partial charge in [-0.25, -0.2) is 4.79 Å². The summed E-state index contributed by atoms with van der Waals surface area (Å²) in [6.07, 6.45) is 5.50. The van der Waals surface area contributed by atoms with Crippen LogP contribution in [0.2, 0.25) is 0 Å². The van der Waals surface area contributed by atoms with Gasteiger partial charge in [-0.1, -0.05) is 60.7 Å². The molecule has 150 valence electrons. The smallest absolute Gasteiger partial charge is 0.336 e. The van der Waals surface area contributed by atoms with Gasteiger partial charge in [0.2, 0.25) is 0 Å². The molecule has 4 heteroatoms. The van der Waals surface area contributed by atoms with E-state index in [-0.39, 0.29) is 6.04 Å². The number of hydrogen-bond donors (Lipinski definition) is 2. The molecule has 0 spiro atoms. The van der Waals surface area contributed by atoms with Crippen LogP contribution in [0, 0.1) is 5.92 Å². The highest BCUT2D eigenvalue weighted by atomic mass is 32.2. The summed E-state index contributed by atoms with van der Waals surface area (Å²) in [5.74, 6) is 0.711. The van der Waals surface area contributed by atoms with E-state index in [1.807, 2.05) is 30.0 Å². The molecule has 0 saturated carbocycles. The number of hydrogen-bond acceptors (Lipinski definition) is 3. The van der Waals surface area contributed by atoms with Crippen molar-refractivity contribution in [1.82, 2.24) is 0 Å². The van der Waals surface area contributed by atoms with Crippen LogP contribution in [0.15, 0.2) is 89.8 Å². The first-order valence-corrected chi connectivity index (χ1v) is 11.3. The molecular weight excluding hydrogens is 390 g/mol. The maximum atomic E-state index is 11.8. The zero-order chi connectivity index (χ0) is 20.5. The molecule has 3 nitrogen and oxygen atoms in total. The molecule has 0 radical (unpaired) electrons. The molecule has 1 aliphatic heterocycles. The lowest BCUT2D eigenvalue weighted by Gasteiger charge is -2.38. The number of thioether (sulfide) groups is 1. The predicted molar refractivity (Wildman–Crippen MR) is 122 cm³/mol. The van der Waals surface area contributed by atoms with Gasteiger partial charge >= 0.3 is 5.97 Å². The van der Waals surface area contributed by atoms with Crippen molar-refractivity contribution in [2.24, 2.45) is 5.92 Å². The lowest BCUT2D eigenvalue weighted by Crippen LogP contribution is -2.30. The molecule has 0 amide bonds. The Morgan fingerprint density at radius 2 is 1.80 bits per heavy atom. The van der Waals surface area contributed by atoms with E-state index in [2.05, 4.69) is 59.9 Å². The average molecular weight is 414 g/mol. The van der Waals surface area contributed by atoms with E-state index in [1.54, 1.807) is 12.1 Å². The Morgan fingerprint density at radius 3 is 2.63 bits per heavy atom. The van der Waals surface area contributed by atoms with Gasteiger partial charge in [0, 0.05) is 22.3 Å². The molecule has 2 aliphatic rings. The van der Waals surface area contributed by atoms with Crippen molar-refractivity contribution in [2.75, 3.05) is 5.32 Å². The summed E-state index contributed by atoms with van der Waals surface area (Å²) in [4.78, 5) is 13.1. The van der Waals surface area contributed by atoms with Crippen molar-refractivity contribution in [2.45, 2.75) is 29.0 Å². The third-order valence-corrected chi connectivity index (χ3v) is 7.19. The van der Waals surface area contributed by atoms with Gasteiger partial charge < -0.3 is 10.4 Å². The largest absolute Gasteiger partial charge is 0.478 e. The number of aromatic carboxylic acids is 1. The van der Waals surface area contributed by atoms with Crippen LogP contribution in [0.25, 0.3) is 0 Å². The molecule has 30 heavy (non-hydrogen) atoms. The summed E-state index contributed by atoms with van der Waals surface area (Å²) in [6.45, 7) is 0. The molecule has 0 bridgehead atoms. The first-order valence-electron chi connectivity index (χ1n) is 10.3. The fourth-order valence-electron chi connectivity index (χ4n) is 4.69. The minimum absolute atomic E-state index is 0.00524. The molecule has 0 unspecified atom stereocenters. The molecule has 3 aromatic rings. The Hall–Kier alpha value is -2.98. The van der Waals surface area contributed by atoms with Gasteiger partial charge in [0.1, 0.15) is 0 Å². The second-order valence-electron chi connectivity index (χ2n) is 7.89. The van der Waals surface area contributed by atoms with E-state index >= 15 is 0 Å². The predicted octanol–water partition coefficient (Wildman–Crippen LogP) is 6.50. The van der Waals surface area contributed by atoms with Crippen molar-refractivity contribution in [1.29, 1.82) is 0 Å². The van der Waals surface area contributed by atoms with Crippen LogP contribution < -0.4 is 5.32 Å². The third-order valence-electron chi connectivity index (χ3n) is 6.10. The summed E-state index contributed by atoms with van der Waals surface area (Å²) in [5, 5.41) is 13.3. The standard InChI is InChI=1S/C26H23NO2S/c28-26(29)22-10-5-4-9-21(22)25-20-12-6-11-19(20)23-15-17(13-14-24(23)27-25)16-30-18-7-2-1-3-8-18/h1-11,13-15,19-20,25,27H,12,16H2,(H,28,29)/t19-,20+,25+/m0/s1. The lowest BCUT2D eigenvalue weighted by atomic mass is 9.76. The summed E-state index contributed by atoms with van der Waals surface area (Å²) in [7, 11) is 0.